The number of nitrogens with one attached hydrogen (secondary N) is 1. The third-order valence-electron chi connectivity index (χ3n) is 6.36. The van der Waals surface area contributed by atoms with Crippen molar-refractivity contribution in [3.8, 4) is 0 Å². The van der Waals surface area contributed by atoms with Gasteiger partial charge in [-0.2, -0.15) is 4.31 Å². The Labute approximate surface area is 203 Å². The summed E-state index contributed by atoms with van der Waals surface area (Å²) in [5.41, 5.74) is 3.46. The fourth-order valence-corrected chi connectivity index (χ4v) is 7.04. The minimum atomic E-state index is -3.77. The van der Waals surface area contributed by atoms with E-state index < -0.39 is 10.0 Å². The van der Waals surface area contributed by atoms with Crippen LogP contribution in [0.4, 0.5) is 11.4 Å². The molecule has 33 heavy (non-hydrogen) atoms. The van der Waals surface area contributed by atoms with Crippen LogP contribution >= 0.6 is 15.9 Å². The van der Waals surface area contributed by atoms with Crippen LogP contribution in [0.2, 0.25) is 0 Å². The average Bonchev–Trinajstić information content (AvgIpc) is 3.20. The molecule has 0 aromatic heterocycles. The van der Waals surface area contributed by atoms with E-state index in [4.69, 9.17) is 0 Å². The summed E-state index contributed by atoms with van der Waals surface area (Å²) in [5.74, 6) is -0.331. The number of aryl methyl sites for hydroxylation is 1. The molecule has 0 aliphatic carbocycles. The lowest BCUT2D eigenvalue weighted by atomic mass is 9.97. The second-order valence-electron chi connectivity index (χ2n) is 8.60. The summed E-state index contributed by atoms with van der Waals surface area (Å²) in [6.07, 6.45) is 2.00. The van der Waals surface area contributed by atoms with Crippen molar-refractivity contribution in [2.45, 2.75) is 44.4 Å². The van der Waals surface area contributed by atoms with E-state index in [1.165, 1.54) is 4.31 Å². The summed E-state index contributed by atoms with van der Waals surface area (Å²) in [5, 5.41) is 2.94. The fourth-order valence-electron chi connectivity index (χ4n) is 4.50. The zero-order chi connectivity index (χ0) is 23.8. The molecule has 2 amide bonds. The number of carbonyl (C=O) groups is 2. The molecule has 2 aromatic rings. The molecule has 1 fully saturated rings. The number of anilines is 2. The van der Waals surface area contributed by atoms with Crippen molar-refractivity contribution in [3.05, 3.63) is 52.0 Å². The predicted octanol–water partition coefficient (Wildman–Crippen LogP) is 4.10. The van der Waals surface area contributed by atoms with Crippen LogP contribution < -0.4 is 10.2 Å². The lowest BCUT2D eigenvalue weighted by molar-refractivity contribution is -0.121. The summed E-state index contributed by atoms with van der Waals surface area (Å²) in [6.45, 7) is 4.88. The molecule has 7 nitrogen and oxygen atoms in total. The highest BCUT2D eigenvalue weighted by Crippen LogP contribution is 2.37. The van der Waals surface area contributed by atoms with Gasteiger partial charge in [-0.15, -0.1) is 0 Å². The van der Waals surface area contributed by atoms with Crippen LogP contribution in [0.3, 0.4) is 0 Å². The molecule has 0 atom stereocenters. The van der Waals surface area contributed by atoms with Gasteiger partial charge in [0.15, 0.2) is 0 Å². The first-order valence-electron chi connectivity index (χ1n) is 11.2. The normalized spacial score (nSPS) is 17.1. The van der Waals surface area contributed by atoms with E-state index in [9.17, 15) is 18.0 Å². The van der Waals surface area contributed by atoms with E-state index in [0.29, 0.717) is 42.4 Å². The maximum Gasteiger partial charge on any atom is 0.244 e. The number of amides is 2. The highest BCUT2D eigenvalue weighted by molar-refractivity contribution is 9.10. The second kappa shape index (κ2) is 9.56. The molecular weight excluding hydrogens is 506 g/mol. The van der Waals surface area contributed by atoms with E-state index in [2.05, 4.69) is 21.2 Å². The summed E-state index contributed by atoms with van der Waals surface area (Å²) in [6, 6.07) is 11.0. The topological polar surface area (TPSA) is 86.8 Å². The summed E-state index contributed by atoms with van der Waals surface area (Å²) in [4.78, 5) is 26.8. The molecule has 2 heterocycles. The smallest absolute Gasteiger partial charge is 0.244 e. The van der Waals surface area contributed by atoms with Crippen molar-refractivity contribution in [1.29, 1.82) is 0 Å². The third-order valence-corrected chi connectivity index (χ3v) is 9.22. The molecular formula is C24H28BrN3O4S. The molecule has 2 aliphatic rings. The maximum absolute atomic E-state index is 13.5. The van der Waals surface area contributed by atoms with Gasteiger partial charge in [0.25, 0.3) is 0 Å². The number of hydrogen-bond donors (Lipinski definition) is 1. The number of nitrogens with zero attached hydrogens (tertiary/aromatic N) is 2. The largest absolute Gasteiger partial charge is 0.326 e. The molecule has 2 aromatic carbocycles. The second-order valence-corrected chi connectivity index (χ2v) is 11.4. The van der Waals surface area contributed by atoms with Crippen LogP contribution in [0.15, 0.2) is 45.8 Å². The minimum absolute atomic E-state index is 0.0140. The number of fused-ring (bicyclic) bond motifs is 1. The Bertz CT molecular complexity index is 1190. The first-order valence-corrected chi connectivity index (χ1v) is 13.4. The Morgan fingerprint density at radius 1 is 1.12 bits per heavy atom. The van der Waals surface area contributed by atoms with Crippen molar-refractivity contribution in [2.75, 3.05) is 29.9 Å². The lowest BCUT2D eigenvalue weighted by Gasteiger charge is -2.31. The molecule has 2 aliphatic heterocycles. The number of piperidine rings is 1. The molecule has 0 bridgehead atoms. The lowest BCUT2D eigenvalue weighted by Crippen LogP contribution is -2.41. The van der Waals surface area contributed by atoms with Gasteiger partial charge < -0.3 is 10.2 Å². The van der Waals surface area contributed by atoms with Crippen molar-refractivity contribution in [3.63, 3.8) is 0 Å². The van der Waals surface area contributed by atoms with Crippen LogP contribution in [0.1, 0.15) is 37.3 Å². The number of rotatable bonds is 5. The van der Waals surface area contributed by atoms with Crippen molar-refractivity contribution < 1.29 is 18.0 Å². The fraction of sp³-hybridized carbons (Fsp3) is 0.417. The monoisotopic (exact) mass is 533 g/mol. The summed E-state index contributed by atoms with van der Waals surface area (Å²) in [7, 11) is -3.77. The average molecular weight is 534 g/mol. The van der Waals surface area contributed by atoms with E-state index in [1.807, 2.05) is 37.3 Å². The Kier molecular flexibility index (Phi) is 6.93. The van der Waals surface area contributed by atoms with Crippen molar-refractivity contribution in [1.82, 2.24) is 4.31 Å². The predicted molar refractivity (Wildman–Crippen MR) is 132 cm³/mol. The summed E-state index contributed by atoms with van der Waals surface area (Å²) < 4.78 is 28.8. The molecule has 0 unspecified atom stereocenters. The molecule has 0 radical (unpaired) electrons. The van der Waals surface area contributed by atoms with Gasteiger partial charge in [-0.3, -0.25) is 9.59 Å². The van der Waals surface area contributed by atoms with E-state index in [0.717, 1.165) is 16.8 Å². The van der Waals surface area contributed by atoms with Crippen LogP contribution in [-0.4, -0.2) is 44.2 Å². The van der Waals surface area contributed by atoms with Gasteiger partial charge in [0.1, 0.15) is 0 Å². The molecule has 4 rings (SSSR count). The van der Waals surface area contributed by atoms with E-state index in [-0.39, 0.29) is 35.7 Å². The Hall–Kier alpha value is -2.23. The van der Waals surface area contributed by atoms with Crippen LogP contribution in [-0.2, 0) is 26.0 Å². The molecule has 1 saturated heterocycles. The van der Waals surface area contributed by atoms with Crippen LogP contribution in [0.25, 0.3) is 0 Å². The Morgan fingerprint density at radius 3 is 2.52 bits per heavy atom. The number of hydrogen-bond acceptors (Lipinski definition) is 4. The van der Waals surface area contributed by atoms with Gasteiger partial charge in [-0.25, -0.2) is 8.42 Å². The SMILES string of the molecule is CCC(=O)N1CCc2cc(Br)c(S(=O)(=O)N3CCC(C(=O)Nc4cccc(C)c4)CC3)cc21. The van der Waals surface area contributed by atoms with Gasteiger partial charge in [-0.05, 0) is 77.5 Å². The van der Waals surface area contributed by atoms with Gasteiger partial charge in [0.2, 0.25) is 21.8 Å². The van der Waals surface area contributed by atoms with Gasteiger partial charge in [0, 0.05) is 47.8 Å². The van der Waals surface area contributed by atoms with Crippen molar-refractivity contribution >= 4 is 49.1 Å². The van der Waals surface area contributed by atoms with Gasteiger partial charge >= 0.3 is 0 Å². The number of benzene rings is 2. The highest BCUT2D eigenvalue weighted by Gasteiger charge is 2.35. The number of carbonyl (C=O) groups excluding carboxylic acids is 2. The van der Waals surface area contributed by atoms with Gasteiger partial charge in [-0.1, -0.05) is 19.1 Å². The zero-order valence-electron chi connectivity index (χ0n) is 18.8. The molecule has 9 heteroatoms. The summed E-state index contributed by atoms with van der Waals surface area (Å²) >= 11 is 3.43. The molecule has 1 N–H and O–H groups in total. The highest BCUT2D eigenvalue weighted by atomic mass is 79.9. The van der Waals surface area contributed by atoms with Crippen LogP contribution in [0.5, 0.6) is 0 Å². The van der Waals surface area contributed by atoms with E-state index in [1.54, 1.807) is 17.9 Å². The minimum Gasteiger partial charge on any atom is -0.326 e. The zero-order valence-corrected chi connectivity index (χ0v) is 21.2. The Balaban J connectivity index is 1.47. The Morgan fingerprint density at radius 2 is 1.85 bits per heavy atom. The maximum atomic E-state index is 13.5. The van der Waals surface area contributed by atoms with Crippen molar-refractivity contribution in [2.24, 2.45) is 5.92 Å². The van der Waals surface area contributed by atoms with Gasteiger partial charge in [0.05, 0.1) is 4.90 Å². The third kappa shape index (κ3) is 4.85. The molecule has 0 saturated carbocycles. The van der Waals surface area contributed by atoms with E-state index >= 15 is 0 Å². The standard InChI is InChI=1S/C24H28BrN3O4S/c1-3-23(29)28-12-9-18-14-20(25)22(15-21(18)28)33(31,32)27-10-7-17(8-11-27)24(30)26-19-6-4-5-16(2)13-19/h4-6,13-15,17H,3,7-12H2,1-2H3,(H,26,30). The first kappa shape index (κ1) is 23.9. The first-order chi connectivity index (χ1) is 15.7. The van der Waals surface area contributed by atoms with Crippen LogP contribution in [0, 0.1) is 12.8 Å². The molecule has 176 valence electrons. The number of sulfonamides is 1. The number of halogens is 1. The quantitative estimate of drug-likeness (QED) is 0.626. The molecule has 0 spiro atoms.